The first kappa shape index (κ1) is 9.15. The molecule has 3 heteroatoms. The van der Waals surface area contributed by atoms with Gasteiger partial charge in [-0.1, -0.05) is 25.7 Å². The van der Waals surface area contributed by atoms with Crippen molar-refractivity contribution in [3.63, 3.8) is 0 Å². The Morgan fingerprint density at radius 1 is 1.46 bits per heavy atom. The molecule has 72 valence electrons. The third kappa shape index (κ3) is 1.40. The Labute approximate surface area is 80.0 Å². The van der Waals surface area contributed by atoms with Gasteiger partial charge in [0.25, 0.3) is 0 Å². The van der Waals surface area contributed by atoms with Crippen LogP contribution in [-0.2, 0) is 9.53 Å². The van der Waals surface area contributed by atoms with Crippen molar-refractivity contribution in [3.8, 4) is 0 Å². The normalized spacial score (nSPS) is 33.5. The molecule has 0 bridgehead atoms. The van der Waals surface area contributed by atoms with Crippen molar-refractivity contribution in [3.05, 3.63) is 11.3 Å². The molecule has 1 aliphatic heterocycles. The van der Waals surface area contributed by atoms with Crippen LogP contribution in [0.1, 0.15) is 6.42 Å². The van der Waals surface area contributed by atoms with E-state index in [4.69, 9.17) is 4.74 Å². The largest absolute Gasteiger partial charge is 0.369 e. The summed E-state index contributed by atoms with van der Waals surface area (Å²) >= 11 is 0. The van der Waals surface area contributed by atoms with Crippen molar-refractivity contribution in [1.82, 2.24) is 0 Å². The molecule has 1 aliphatic carbocycles. The minimum Gasteiger partial charge on any atom is -0.369 e. The number of fused-ring (bicyclic) bond motifs is 1. The zero-order valence-electron chi connectivity index (χ0n) is 8.46. The van der Waals surface area contributed by atoms with Gasteiger partial charge in [0.15, 0.2) is 5.78 Å². The summed E-state index contributed by atoms with van der Waals surface area (Å²) in [5, 5.41) is 1.10. The first-order valence-corrected chi connectivity index (χ1v) is 8.38. The van der Waals surface area contributed by atoms with E-state index in [1.807, 2.05) is 0 Å². The summed E-state index contributed by atoms with van der Waals surface area (Å²) in [7, 11) is -1.42. The second-order valence-electron chi connectivity index (χ2n) is 4.94. The minimum absolute atomic E-state index is 0.110. The van der Waals surface area contributed by atoms with Crippen LogP contribution in [0.25, 0.3) is 0 Å². The van der Waals surface area contributed by atoms with Gasteiger partial charge in [-0.25, -0.2) is 0 Å². The molecule has 0 radical (unpaired) electrons. The lowest BCUT2D eigenvalue weighted by Gasteiger charge is -2.17. The average molecular weight is 196 g/mol. The summed E-state index contributed by atoms with van der Waals surface area (Å²) in [5.74, 6) is 0.677. The molecule has 1 fully saturated rings. The molecule has 0 aromatic carbocycles. The molecule has 2 unspecified atom stereocenters. The highest BCUT2D eigenvalue weighted by atomic mass is 28.3. The molecular formula is C10H16O2Si. The molecule has 2 atom stereocenters. The molecule has 0 saturated carbocycles. The van der Waals surface area contributed by atoms with Gasteiger partial charge in [-0.05, 0) is 11.6 Å². The maximum absolute atomic E-state index is 11.9. The molecule has 2 aliphatic rings. The van der Waals surface area contributed by atoms with Crippen LogP contribution in [0.3, 0.4) is 0 Å². The number of ether oxygens (including phenoxy) is 1. The maximum Gasteiger partial charge on any atom is 0.183 e. The van der Waals surface area contributed by atoms with E-state index in [0.29, 0.717) is 5.92 Å². The predicted octanol–water partition coefficient (Wildman–Crippen LogP) is 1.78. The fourth-order valence-corrected chi connectivity index (χ4v) is 3.71. The van der Waals surface area contributed by atoms with Crippen molar-refractivity contribution in [2.75, 3.05) is 6.61 Å². The molecule has 0 N–H and O–H groups in total. The second kappa shape index (κ2) is 2.79. The first-order chi connectivity index (χ1) is 6.00. The molecule has 0 aromatic rings. The highest BCUT2D eigenvalue weighted by molar-refractivity contribution is 6.87. The summed E-state index contributed by atoms with van der Waals surface area (Å²) in [4.78, 5) is 11.9. The van der Waals surface area contributed by atoms with Gasteiger partial charge in [0.05, 0.1) is 8.07 Å². The molecule has 2 nitrogen and oxygen atoms in total. The first-order valence-electron chi connectivity index (χ1n) is 4.88. The quantitative estimate of drug-likeness (QED) is 0.598. The van der Waals surface area contributed by atoms with Crippen LogP contribution in [0.15, 0.2) is 11.3 Å². The summed E-state index contributed by atoms with van der Waals surface area (Å²) in [6, 6.07) is 0. The van der Waals surface area contributed by atoms with Gasteiger partial charge in [0.1, 0.15) is 6.10 Å². The van der Waals surface area contributed by atoms with Crippen LogP contribution in [0.5, 0.6) is 0 Å². The number of carbonyl (C=O) groups excluding carboxylic acids is 1. The lowest BCUT2D eigenvalue weighted by Crippen LogP contribution is -2.32. The van der Waals surface area contributed by atoms with Crippen molar-refractivity contribution < 1.29 is 9.53 Å². The molecule has 1 heterocycles. The van der Waals surface area contributed by atoms with Crippen LogP contribution in [0, 0.1) is 5.92 Å². The summed E-state index contributed by atoms with van der Waals surface area (Å²) in [6.07, 6.45) is 3.11. The smallest absolute Gasteiger partial charge is 0.183 e. The Morgan fingerprint density at radius 3 is 2.69 bits per heavy atom. The molecule has 0 amide bonds. The van der Waals surface area contributed by atoms with E-state index in [0.717, 1.165) is 18.2 Å². The Balaban J connectivity index is 2.28. The van der Waals surface area contributed by atoms with Crippen LogP contribution >= 0.6 is 0 Å². The van der Waals surface area contributed by atoms with Gasteiger partial charge in [-0.15, -0.1) is 0 Å². The summed E-state index contributed by atoms with van der Waals surface area (Å²) in [5.41, 5.74) is 0. The predicted molar refractivity (Wildman–Crippen MR) is 54.3 cm³/mol. The zero-order chi connectivity index (χ0) is 9.64. The number of carbonyl (C=O) groups is 1. The van der Waals surface area contributed by atoms with Crippen molar-refractivity contribution in [2.24, 2.45) is 5.92 Å². The number of rotatable bonds is 1. The van der Waals surface area contributed by atoms with Crippen molar-refractivity contribution in [1.29, 1.82) is 0 Å². The second-order valence-corrected chi connectivity index (χ2v) is 9.98. The molecule has 0 spiro atoms. The van der Waals surface area contributed by atoms with E-state index in [1.165, 1.54) is 0 Å². The van der Waals surface area contributed by atoms with Crippen LogP contribution in [0.2, 0.25) is 19.6 Å². The molecular weight excluding hydrogens is 180 g/mol. The monoisotopic (exact) mass is 196 g/mol. The average Bonchev–Trinajstić information content (AvgIpc) is 2.51. The Morgan fingerprint density at radius 2 is 2.15 bits per heavy atom. The number of hydrogen-bond donors (Lipinski definition) is 0. The van der Waals surface area contributed by atoms with E-state index < -0.39 is 8.07 Å². The van der Waals surface area contributed by atoms with Gasteiger partial charge in [0.2, 0.25) is 0 Å². The van der Waals surface area contributed by atoms with E-state index >= 15 is 0 Å². The summed E-state index contributed by atoms with van der Waals surface area (Å²) < 4.78 is 5.44. The fourth-order valence-electron chi connectivity index (χ4n) is 2.12. The highest BCUT2D eigenvalue weighted by Crippen LogP contribution is 2.35. The minimum atomic E-state index is -1.42. The lowest BCUT2D eigenvalue weighted by molar-refractivity contribution is -0.123. The van der Waals surface area contributed by atoms with E-state index in [1.54, 1.807) is 0 Å². The van der Waals surface area contributed by atoms with Crippen molar-refractivity contribution in [2.45, 2.75) is 32.2 Å². The van der Waals surface area contributed by atoms with E-state index in [-0.39, 0.29) is 11.9 Å². The van der Waals surface area contributed by atoms with Crippen molar-refractivity contribution >= 4 is 13.9 Å². The van der Waals surface area contributed by atoms with Crippen LogP contribution < -0.4 is 0 Å². The molecule has 13 heavy (non-hydrogen) atoms. The van der Waals surface area contributed by atoms with Gasteiger partial charge < -0.3 is 4.74 Å². The standard InChI is InChI=1S/C10H16O2Si/c1-13(2,3)8-6-7-4-5-12-10(7)9(8)11/h6-7,10H,4-5H2,1-3H3. The Hall–Kier alpha value is -0.413. The number of Topliss-reactive ketones (excluding diaryl/α,β-unsaturated/α-hetero) is 1. The maximum atomic E-state index is 11.9. The van der Waals surface area contributed by atoms with E-state index in [9.17, 15) is 4.79 Å². The van der Waals surface area contributed by atoms with Gasteiger partial charge >= 0.3 is 0 Å². The van der Waals surface area contributed by atoms with Crippen LogP contribution in [-0.4, -0.2) is 26.6 Å². The van der Waals surface area contributed by atoms with E-state index in [2.05, 4.69) is 25.7 Å². The van der Waals surface area contributed by atoms with Crippen LogP contribution in [0.4, 0.5) is 0 Å². The summed E-state index contributed by atoms with van der Waals surface area (Å²) in [6.45, 7) is 7.42. The number of hydrogen-bond acceptors (Lipinski definition) is 2. The highest BCUT2D eigenvalue weighted by Gasteiger charge is 2.43. The fraction of sp³-hybridized carbons (Fsp3) is 0.700. The zero-order valence-corrected chi connectivity index (χ0v) is 9.46. The van der Waals surface area contributed by atoms with Gasteiger partial charge in [-0.2, -0.15) is 0 Å². The third-order valence-corrected chi connectivity index (χ3v) is 4.88. The van der Waals surface area contributed by atoms with Gasteiger partial charge in [-0.3, -0.25) is 4.79 Å². The molecule has 2 rings (SSSR count). The molecule has 1 saturated heterocycles. The third-order valence-electron chi connectivity index (χ3n) is 2.85. The topological polar surface area (TPSA) is 26.3 Å². The Kier molecular flexibility index (Phi) is 1.96. The lowest BCUT2D eigenvalue weighted by atomic mass is 10.1. The van der Waals surface area contributed by atoms with Gasteiger partial charge in [0, 0.05) is 12.5 Å². The Bertz CT molecular complexity index is 275. The number of ketones is 1. The molecule has 0 aromatic heterocycles. The SMILES string of the molecule is C[Si](C)(C)C1=CC2CCOC2C1=O.